The van der Waals surface area contributed by atoms with Crippen molar-refractivity contribution >= 4 is 17.6 Å². The lowest BCUT2D eigenvalue weighted by molar-refractivity contribution is -0.123. The van der Waals surface area contributed by atoms with Gasteiger partial charge in [0.15, 0.2) is 0 Å². The lowest BCUT2D eigenvalue weighted by atomic mass is 9.94. The fourth-order valence-corrected chi connectivity index (χ4v) is 4.04. The average Bonchev–Trinajstić information content (AvgIpc) is 3.67. The molecule has 3 amide bonds. The van der Waals surface area contributed by atoms with Crippen LogP contribution in [0.1, 0.15) is 35.1 Å². The number of rotatable bonds is 8. The van der Waals surface area contributed by atoms with Crippen molar-refractivity contribution in [2.45, 2.75) is 37.6 Å². The Labute approximate surface area is 208 Å². The van der Waals surface area contributed by atoms with Crippen LogP contribution < -0.4 is 16.0 Å². The second-order valence-corrected chi connectivity index (χ2v) is 9.13. The summed E-state index contributed by atoms with van der Waals surface area (Å²) < 4.78 is 27.3. The van der Waals surface area contributed by atoms with Gasteiger partial charge in [0, 0.05) is 24.1 Å². The van der Waals surface area contributed by atoms with E-state index in [0.717, 1.165) is 24.0 Å². The van der Waals surface area contributed by atoms with Crippen molar-refractivity contribution in [2.24, 2.45) is 0 Å². The number of halogens is 2. The number of nitrogens with one attached hydrogen (secondary N) is 3. The maximum absolute atomic E-state index is 14.1. The molecule has 1 fully saturated rings. The van der Waals surface area contributed by atoms with Crippen molar-refractivity contribution in [1.29, 1.82) is 5.26 Å². The van der Waals surface area contributed by atoms with Crippen LogP contribution in [0, 0.1) is 29.9 Å². The Hall–Kier alpha value is -4.25. The summed E-state index contributed by atoms with van der Waals surface area (Å²) in [6, 6.07) is 17.7. The van der Waals surface area contributed by atoms with Crippen LogP contribution in [0.25, 0.3) is 0 Å². The molecular weight excluding hydrogens is 462 g/mol. The second kappa shape index (κ2) is 10.6. The van der Waals surface area contributed by atoms with Crippen LogP contribution in [-0.4, -0.2) is 24.5 Å². The lowest BCUT2D eigenvalue weighted by Crippen LogP contribution is -2.50. The Kier molecular flexibility index (Phi) is 7.30. The normalized spacial score (nSPS) is 14.3. The van der Waals surface area contributed by atoms with Crippen molar-refractivity contribution in [1.82, 2.24) is 10.6 Å². The van der Waals surface area contributed by atoms with E-state index in [0.29, 0.717) is 23.4 Å². The highest BCUT2D eigenvalue weighted by Crippen LogP contribution is 2.47. The largest absolute Gasteiger partial charge is 0.353 e. The zero-order valence-electron chi connectivity index (χ0n) is 19.8. The molecule has 0 unspecified atom stereocenters. The number of hydrogen-bond acceptors (Lipinski definition) is 3. The highest BCUT2D eigenvalue weighted by atomic mass is 19.1. The van der Waals surface area contributed by atoms with Crippen molar-refractivity contribution in [3.05, 3.63) is 101 Å². The van der Waals surface area contributed by atoms with E-state index in [1.807, 2.05) is 12.1 Å². The van der Waals surface area contributed by atoms with Crippen LogP contribution in [0.5, 0.6) is 0 Å². The molecule has 36 heavy (non-hydrogen) atoms. The predicted molar refractivity (Wildman–Crippen MR) is 132 cm³/mol. The Bertz CT molecular complexity index is 1300. The number of hydrogen-bond donors (Lipinski definition) is 3. The average molecular weight is 489 g/mol. The highest BCUT2D eigenvalue weighted by molar-refractivity contribution is 5.93. The third-order valence-electron chi connectivity index (χ3n) is 6.49. The number of aryl methyl sites for hydroxylation is 1. The van der Waals surface area contributed by atoms with Crippen LogP contribution in [-0.2, 0) is 16.6 Å². The zero-order chi connectivity index (χ0) is 25.7. The molecule has 3 aromatic carbocycles. The number of nitriles is 1. The van der Waals surface area contributed by atoms with E-state index < -0.39 is 17.9 Å². The molecule has 8 heteroatoms. The van der Waals surface area contributed by atoms with Gasteiger partial charge in [-0.25, -0.2) is 13.6 Å². The summed E-state index contributed by atoms with van der Waals surface area (Å²) in [6.07, 6.45) is 1.85. The molecule has 3 N–H and O–H groups in total. The first-order valence-electron chi connectivity index (χ1n) is 11.6. The Morgan fingerprint density at radius 2 is 1.72 bits per heavy atom. The third-order valence-corrected chi connectivity index (χ3v) is 6.49. The number of anilines is 1. The van der Waals surface area contributed by atoms with Gasteiger partial charge in [-0.05, 0) is 78.9 Å². The predicted octanol–water partition coefficient (Wildman–Crippen LogP) is 4.73. The third kappa shape index (κ3) is 6.05. The second-order valence-electron chi connectivity index (χ2n) is 9.13. The van der Waals surface area contributed by atoms with Crippen LogP contribution in [0.3, 0.4) is 0 Å². The van der Waals surface area contributed by atoms with E-state index >= 15 is 0 Å². The molecule has 1 atom stereocenters. The van der Waals surface area contributed by atoms with Gasteiger partial charge in [-0.1, -0.05) is 24.3 Å². The van der Waals surface area contributed by atoms with E-state index in [4.69, 9.17) is 5.26 Å². The van der Waals surface area contributed by atoms with Crippen molar-refractivity contribution < 1.29 is 18.4 Å². The Morgan fingerprint density at radius 1 is 1.03 bits per heavy atom. The molecule has 1 saturated carbocycles. The molecule has 3 aromatic rings. The Morgan fingerprint density at radius 3 is 2.33 bits per heavy atom. The molecule has 0 bridgehead atoms. The van der Waals surface area contributed by atoms with Crippen LogP contribution in [0.2, 0.25) is 0 Å². The van der Waals surface area contributed by atoms with E-state index in [1.165, 1.54) is 30.3 Å². The first-order valence-corrected chi connectivity index (χ1v) is 11.6. The fourth-order valence-electron chi connectivity index (χ4n) is 4.04. The van der Waals surface area contributed by atoms with Crippen LogP contribution >= 0.6 is 0 Å². The lowest BCUT2D eigenvalue weighted by Gasteiger charge is -2.22. The van der Waals surface area contributed by atoms with Gasteiger partial charge in [-0.2, -0.15) is 5.26 Å². The first kappa shape index (κ1) is 24.9. The van der Waals surface area contributed by atoms with Crippen molar-refractivity contribution in [3.8, 4) is 6.07 Å². The topological polar surface area (TPSA) is 94.0 Å². The molecule has 0 heterocycles. The van der Waals surface area contributed by atoms with Crippen LogP contribution in [0.4, 0.5) is 19.3 Å². The molecule has 0 aromatic heterocycles. The highest BCUT2D eigenvalue weighted by Gasteiger charge is 2.45. The summed E-state index contributed by atoms with van der Waals surface area (Å²) in [5.41, 5.74) is 2.72. The molecule has 6 nitrogen and oxygen atoms in total. The van der Waals surface area contributed by atoms with E-state index in [9.17, 15) is 18.4 Å². The fraction of sp³-hybridized carbons (Fsp3) is 0.250. The minimum atomic E-state index is -0.913. The standard InChI is InChI=1S/C28H26F2N4O2/c1-18-2-7-21(15-24(18)30)28(12-13-28)17-32-26(35)25(14-19-3-5-20(16-31)6-4-19)34-27(36)33-23-10-8-22(29)9-11-23/h2-11,15,25H,12-14,17H2,1H3,(H,32,35)(H2,33,34,36)/t25-/m1/s1. The van der Waals surface area contributed by atoms with Gasteiger partial charge in [0.25, 0.3) is 0 Å². The summed E-state index contributed by atoms with van der Waals surface area (Å²) in [5, 5.41) is 17.2. The molecule has 4 rings (SSSR count). The van der Waals surface area contributed by atoms with E-state index in [-0.39, 0.29) is 23.6 Å². The molecule has 0 aliphatic heterocycles. The number of nitrogens with zero attached hydrogens (tertiary/aromatic N) is 1. The quantitative estimate of drug-likeness (QED) is 0.428. The van der Waals surface area contributed by atoms with Gasteiger partial charge >= 0.3 is 6.03 Å². The number of amides is 3. The molecule has 1 aliphatic carbocycles. The number of carbonyl (C=O) groups excluding carboxylic acids is 2. The maximum atomic E-state index is 14.1. The molecule has 0 saturated heterocycles. The summed E-state index contributed by atoms with van der Waals surface area (Å²) in [7, 11) is 0. The van der Waals surface area contributed by atoms with Crippen molar-refractivity contribution in [2.75, 3.05) is 11.9 Å². The molecule has 184 valence electrons. The summed E-state index contributed by atoms with van der Waals surface area (Å²) >= 11 is 0. The van der Waals surface area contributed by atoms with Gasteiger partial charge in [-0.3, -0.25) is 4.79 Å². The summed E-state index contributed by atoms with van der Waals surface area (Å²) in [5.74, 6) is -1.09. The van der Waals surface area contributed by atoms with Gasteiger partial charge in [0.2, 0.25) is 5.91 Å². The van der Waals surface area contributed by atoms with Gasteiger partial charge in [0.05, 0.1) is 11.6 Å². The number of benzene rings is 3. The number of urea groups is 1. The van der Waals surface area contributed by atoms with Gasteiger partial charge in [-0.15, -0.1) is 0 Å². The zero-order valence-corrected chi connectivity index (χ0v) is 19.8. The smallest absolute Gasteiger partial charge is 0.319 e. The SMILES string of the molecule is Cc1ccc(C2(CNC(=O)[C@@H](Cc3ccc(C#N)cc3)NC(=O)Nc3ccc(F)cc3)CC2)cc1F. The van der Waals surface area contributed by atoms with Crippen molar-refractivity contribution in [3.63, 3.8) is 0 Å². The summed E-state index contributed by atoms with van der Waals surface area (Å²) in [6.45, 7) is 2.02. The maximum Gasteiger partial charge on any atom is 0.319 e. The minimum Gasteiger partial charge on any atom is -0.353 e. The number of carbonyl (C=O) groups is 2. The molecule has 0 spiro atoms. The minimum absolute atomic E-state index is 0.195. The Balaban J connectivity index is 1.45. The monoisotopic (exact) mass is 488 g/mol. The van der Waals surface area contributed by atoms with E-state index in [1.54, 1.807) is 37.3 Å². The molecular formula is C28H26F2N4O2. The van der Waals surface area contributed by atoms with Gasteiger partial charge in [0.1, 0.15) is 17.7 Å². The first-order chi connectivity index (χ1) is 17.3. The molecule has 0 radical (unpaired) electrons. The van der Waals surface area contributed by atoms with E-state index in [2.05, 4.69) is 16.0 Å². The molecule has 1 aliphatic rings. The summed E-state index contributed by atoms with van der Waals surface area (Å²) in [4.78, 5) is 25.8. The van der Waals surface area contributed by atoms with Gasteiger partial charge < -0.3 is 16.0 Å². The van der Waals surface area contributed by atoms with Crippen LogP contribution in [0.15, 0.2) is 66.7 Å².